The third-order valence-corrected chi connectivity index (χ3v) is 3.30. The molecule has 0 amide bonds. The Morgan fingerprint density at radius 1 is 1.65 bits per heavy atom. The van der Waals surface area contributed by atoms with Crippen LogP contribution in [0.15, 0.2) is 6.07 Å². The van der Waals surface area contributed by atoms with Gasteiger partial charge in [0.15, 0.2) is 0 Å². The summed E-state index contributed by atoms with van der Waals surface area (Å²) in [7, 11) is 0. The second kappa shape index (κ2) is 4.91. The zero-order valence-electron chi connectivity index (χ0n) is 9.78. The van der Waals surface area contributed by atoms with Gasteiger partial charge >= 0.3 is 0 Å². The van der Waals surface area contributed by atoms with Crippen molar-refractivity contribution in [1.29, 1.82) is 5.26 Å². The fourth-order valence-electron chi connectivity index (χ4n) is 2.11. The van der Waals surface area contributed by atoms with Crippen LogP contribution in [0.5, 0.6) is 0 Å². The van der Waals surface area contributed by atoms with Crippen LogP contribution in [-0.4, -0.2) is 24.1 Å². The van der Waals surface area contributed by atoms with Crippen molar-refractivity contribution in [2.24, 2.45) is 5.73 Å². The van der Waals surface area contributed by atoms with Crippen molar-refractivity contribution >= 4 is 17.4 Å². The lowest BCUT2D eigenvalue weighted by Gasteiger charge is -2.32. The minimum Gasteiger partial charge on any atom is -0.354 e. The average molecular weight is 251 g/mol. The van der Waals surface area contributed by atoms with Crippen molar-refractivity contribution in [3.8, 4) is 6.07 Å². The van der Waals surface area contributed by atoms with Crippen LogP contribution in [0.2, 0.25) is 5.02 Å². The molecule has 2 heterocycles. The van der Waals surface area contributed by atoms with Crippen molar-refractivity contribution in [2.45, 2.75) is 25.8 Å². The van der Waals surface area contributed by atoms with E-state index in [1.807, 2.05) is 6.92 Å². The van der Waals surface area contributed by atoms with Gasteiger partial charge in [0, 0.05) is 19.1 Å². The van der Waals surface area contributed by atoms with Gasteiger partial charge in [-0.2, -0.15) is 5.26 Å². The zero-order valence-corrected chi connectivity index (χ0v) is 10.5. The molecule has 1 aliphatic rings. The smallest absolute Gasteiger partial charge is 0.147 e. The highest BCUT2D eigenvalue weighted by Gasteiger charge is 2.20. The number of pyridine rings is 1. The molecule has 0 spiro atoms. The molecule has 1 atom stereocenters. The van der Waals surface area contributed by atoms with Gasteiger partial charge in [-0.3, -0.25) is 0 Å². The average Bonchev–Trinajstić information content (AvgIpc) is 2.31. The molecule has 1 aromatic heterocycles. The van der Waals surface area contributed by atoms with Crippen LogP contribution in [0.25, 0.3) is 0 Å². The number of nitrogens with two attached hydrogens (primary N) is 1. The first-order valence-corrected chi connectivity index (χ1v) is 6.07. The quantitative estimate of drug-likeness (QED) is 0.826. The fourth-order valence-corrected chi connectivity index (χ4v) is 2.38. The van der Waals surface area contributed by atoms with E-state index < -0.39 is 0 Å². The van der Waals surface area contributed by atoms with E-state index in [1.165, 1.54) is 0 Å². The lowest BCUT2D eigenvalue weighted by molar-refractivity contribution is 0.503. The molecule has 4 nitrogen and oxygen atoms in total. The number of anilines is 1. The minimum absolute atomic E-state index is 0.178. The van der Waals surface area contributed by atoms with Crippen LogP contribution in [0.1, 0.15) is 24.1 Å². The van der Waals surface area contributed by atoms with Crippen molar-refractivity contribution in [2.75, 3.05) is 18.0 Å². The Balaban J connectivity index is 2.32. The number of hydrogen-bond donors (Lipinski definition) is 1. The summed E-state index contributed by atoms with van der Waals surface area (Å²) in [5, 5.41) is 9.43. The largest absolute Gasteiger partial charge is 0.354 e. The van der Waals surface area contributed by atoms with E-state index >= 15 is 0 Å². The van der Waals surface area contributed by atoms with Crippen molar-refractivity contribution in [1.82, 2.24) is 4.98 Å². The van der Waals surface area contributed by atoms with Gasteiger partial charge in [-0.05, 0) is 25.8 Å². The molecule has 1 fully saturated rings. The van der Waals surface area contributed by atoms with Gasteiger partial charge in [0.05, 0.1) is 16.3 Å². The number of aromatic nitrogens is 1. The number of hydrogen-bond acceptors (Lipinski definition) is 4. The molecule has 17 heavy (non-hydrogen) atoms. The maximum Gasteiger partial charge on any atom is 0.147 e. The van der Waals surface area contributed by atoms with Gasteiger partial charge in [-0.1, -0.05) is 11.6 Å². The van der Waals surface area contributed by atoms with Crippen LogP contribution < -0.4 is 10.6 Å². The molecule has 1 aromatic rings. The third kappa shape index (κ3) is 2.51. The lowest BCUT2D eigenvalue weighted by Crippen LogP contribution is -2.43. The van der Waals surface area contributed by atoms with Gasteiger partial charge < -0.3 is 10.6 Å². The highest BCUT2D eigenvalue weighted by molar-refractivity contribution is 6.33. The number of piperidine rings is 1. The van der Waals surface area contributed by atoms with Crippen LogP contribution >= 0.6 is 11.6 Å². The first kappa shape index (κ1) is 12.2. The monoisotopic (exact) mass is 250 g/mol. The second-order valence-electron chi connectivity index (χ2n) is 4.39. The van der Waals surface area contributed by atoms with E-state index in [0.29, 0.717) is 16.3 Å². The van der Waals surface area contributed by atoms with E-state index in [1.54, 1.807) is 6.07 Å². The maximum absolute atomic E-state index is 8.90. The van der Waals surface area contributed by atoms with E-state index in [-0.39, 0.29) is 6.04 Å². The van der Waals surface area contributed by atoms with Gasteiger partial charge in [-0.15, -0.1) is 0 Å². The Morgan fingerprint density at radius 3 is 3.06 bits per heavy atom. The highest BCUT2D eigenvalue weighted by atomic mass is 35.5. The Kier molecular flexibility index (Phi) is 3.51. The van der Waals surface area contributed by atoms with Crippen molar-refractivity contribution in [3.63, 3.8) is 0 Å². The SMILES string of the molecule is Cc1nc(N2CCCC(N)C2)c(Cl)cc1C#N. The van der Waals surface area contributed by atoms with E-state index in [0.717, 1.165) is 31.7 Å². The lowest BCUT2D eigenvalue weighted by atomic mass is 10.1. The molecule has 1 unspecified atom stereocenters. The summed E-state index contributed by atoms with van der Waals surface area (Å²) in [4.78, 5) is 6.52. The molecule has 0 bridgehead atoms. The van der Waals surface area contributed by atoms with E-state index in [9.17, 15) is 0 Å². The summed E-state index contributed by atoms with van der Waals surface area (Å²) in [6.07, 6.45) is 2.10. The molecular formula is C12H15ClN4. The molecular weight excluding hydrogens is 236 g/mol. The standard InChI is InChI=1S/C12H15ClN4/c1-8-9(6-14)5-11(13)12(16-8)17-4-2-3-10(15)7-17/h5,10H,2-4,7,15H2,1H3. The first-order chi connectivity index (χ1) is 8.11. The third-order valence-electron chi connectivity index (χ3n) is 3.03. The van der Waals surface area contributed by atoms with Crippen molar-refractivity contribution in [3.05, 3.63) is 22.3 Å². The molecule has 1 aliphatic heterocycles. The number of halogens is 1. The summed E-state index contributed by atoms with van der Waals surface area (Å²) in [5.41, 5.74) is 7.18. The molecule has 0 radical (unpaired) electrons. The molecule has 2 rings (SSSR count). The van der Waals surface area contributed by atoms with E-state index in [4.69, 9.17) is 22.6 Å². The zero-order chi connectivity index (χ0) is 12.4. The first-order valence-electron chi connectivity index (χ1n) is 5.69. The normalized spacial score (nSPS) is 20.1. The minimum atomic E-state index is 0.178. The van der Waals surface area contributed by atoms with Crippen LogP contribution in [0.3, 0.4) is 0 Å². The number of rotatable bonds is 1. The van der Waals surface area contributed by atoms with Crippen LogP contribution in [0, 0.1) is 18.3 Å². The van der Waals surface area contributed by atoms with E-state index in [2.05, 4.69) is 16.0 Å². The molecule has 1 saturated heterocycles. The molecule has 5 heteroatoms. The maximum atomic E-state index is 8.90. The topological polar surface area (TPSA) is 65.9 Å². The summed E-state index contributed by atoms with van der Waals surface area (Å²) in [6.45, 7) is 3.52. The van der Waals surface area contributed by atoms with Gasteiger partial charge in [0.2, 0.25) is 0 Å². The Labute approximate surface area is 106 Å². The highest BCUT2D eigenvalue weighted by Crippen LogP contribution is 2.27. The number of nitriles is 1. The summed E-state index contributed by atoms with van der Waals surface area (Å²) < 4.78 is 0. The second-order valence-corrected chi connectivity index (χ2v) is 4.79. The van der Waals surface area contributed by atoms with Crippen LogP contribution in [0.4, 0.5) is 5.82 Å². The number of nitrogens with zero attached hydrogens (tertiary/aromatic N) is 3. The Bertz CT molecular complexity index is 466. The van der Waals surface area contributed by atoms with Gasteiger partial charge in [0.1, 0.15) is 11.9 Å². The molecule has 2 N–H and O–H groups in total. The Morgan fingerprint density at radius 2 is 2.41 bits per heavy atom. The molecule has 0 aliphatic carbocycles. The summed E-state index contributed by atoms with van der Waals surface area (Å²) in [5.74, 6) is 0.748. The molecule has 0 aromatic carbocycles. The van der Waals surface area contributed by atoms with Crippen molar-refractivity contribution < 1.29 is 0 Å². The predicted molar refractivity (Wildman–Crippen MR) is 68.1 cm³/mol. The van der Waals surface area contributed by atoms with Gasteiger partial charge in [-0.25, -0.2) is 4.98 Å². The summed E-state index contributed by atoms with van der Waals surface area (Å²) >= 11 is 6.17. The predicted octanol–water partition coefficient (Wildman–Crippen LogP) is 1.84. The summed E-state index contributed by atoms with van der Waals surface area (Å²) in [6, 6.07) is 3.94. The number of aryl methyl sites for hydroxylation is 1. The van der Waals surface area contributed by atoms with Crippen LogP contribution in [-0.2, 0) is 0 Å². The van der Waals surface area contributed by atoms with Gasteiger partial charge in [0.25, 0.3) is 0 Å². The molecule has 0 saturated carbocycles. The fraction of sp³-hybridized carbons (Fsp3) is 0.500. The molecule has 90 valence electrons. The Hall–Kier alpha value is -1.31.